The highest BCUT2D eigenvalue weighted by Gasteiger charge is 2.22. The smallest absolute Gasteiger partial charge is 0.220 e. The zero-order chi connectivity index (χ0) is 9.97. The third-order valence-corrected chi connectivity index (χ3v) is 2.54. The number of hydrogen-bond acceptors (Lipinski definition) is 2. The molecule has 1 amide bonds. The summed E-state index contributed by atoms with van der Waals surface area (Å²) in [6.07, 6.45) is 0.590. The lowest BCUT2D eigenvalue weighted by Gasteiger charge is -2.08. The Morgan fingerprint density at radius 1 is 1.50 bits per heavy atom. The lowest BCUT2D eigenvalue weighted by atomic mass is 9.98. The molecule has 74 valence electrons. The van der Waals surface area contributed by atoms with E-state index in [1.165, 1.54) is 5.56 Å². The Hall–Kier alpha value is -1.51. The quantitative estimate of drug-likeness (QED) is 0.765. The maximum Gasteiger partial charge on any atom is 0.220 e. The van der Waals surface area contributed by atoms with Crippen molar-refractivity contribution in [3.8, 4) is 5.75 Å². The summed E-state index contributed by atoms with van der Waals surface area (Å²) in [6.45, 7) is 0.742. The van der Waals surface area contributed by atoms with Crippen LogP contribution >= 0.6 is 0 Å². The van der Waals surface area contributed by atoms with E-state index in [0.29, 0.717) is 12.3 Å². The van der Waals surface area contributed by atoms with Crippen LogP contribution in [0.25, 0.3) is 0 Å². The van der Waals surface area contributed by atoms with Gasteiger partial charge >= 0.3 is 0 Å². The van der Waals surface area contributed by atoms with Gasteiger partial charge in [-0.1, -0.05) is 12.1 Å². The molecule has 1 aromatic rings. The minimum absolute atomic E-state index is 0.137. The van der Waals surface area contributed by atoms with Crippen molar-refractivity contribution in [3.63, 3.8) is 0 Å². The highest BCUT2D eigenvalue weighted by Crippen LogP contribution is 2.25. The number of ether oxygens (including phenoxy) is 1. The molecule has 3 nitrogen and oxygen atoms in total. The Morgan fingerprint density at radius 2 is 2.36 bits per heavy atom. The van der Waals surface area contributed by atoms with Crippen LogP contribution < -0.4 is 10.1 Å². The molecule has 1 aromatic carbocycles. The molecular formula is C11H13NO2. The normalized spacial score (nSPS) is 20.6. The molecule has 1 aliphatic heterocycles. The molecule has 2 rings (SSSR count). The van der Waals surface area contributed by atoms with Crippen LogP contribution in [0.5, 0.6) is 5.75 Å². The van der Waals surface area contributed by atoms with Crippen LogP contribution in [0.1, 0.15) is 17.9 Å². The average Bonchev–Trinajstić information content (AvgIpc) is 2.65. The lowest BCUT2D eigenvalue weighted by Crippen LogP contribution is -2.13. The number of carbonyl (C=O) groups is 1. The number of methoxy groups -OCH3 is 1. The summed E-state index contributed by atoms with van der Waals surface area (Å²) in [6, 6.07) is 7.89. The van der Waals surface area contributed by atoms with Gasteiger partial charge < -0.3 is 10.1 Å². The summed E-state index contributed by atoms with van der Waals surface area (Å²) < 4.78 is 5.14. The molecule has 0 unspecified atom stereocenters. The van der Waals surface area contributed by atoms with E-state index >= 15 is 0 Å². The SMILES string of the molecule is COc1cccc([C@H]2CNC(=O)C2)c1. The fraction of sp³-hybridized carbons (Fsp3) is 0.364. The zero-order valence-electron chi connectivity index (χ0n) is 8.12. The van der Waals surface area contributed by atoms with Gasteiger partial charge in [-0.15, -0.1) is 0 Å². The molecule has 0 aliphatic carbocycles. The zero-order valence-corrected chi connectivity index (χ0v) is 8.12. The Bertz CT molecular complexity index is 349. The minimum atomic E-state index is 0.137. The van der Waals surface area contributed by atoms with E-state index in [9.17, 15) is 4.79 Å². The summed E-state index contributed by atoms with van der Waals surface area (Å²) in [4.78, 5) is 11.0. The van der Waals surface area contributed by atoms with Crippen molar-refractivity contribution < 1.29 is 9.53 Å². The van der Waals surface area contributed by atoms with Crippen LogP contribution in [0.15, 0.2) is 24.3 Å². The van der Waals surface area contributed by atoms with Crippen LogP contribution in [0.2, 0.25) is 0 Å². The van der Waals surface area contributed by atoms with Gasteiger partial charge in [0.1, 0.15) is 5.75 Å². The first kappa shape index (κ1) is 9.06. The summed E-state index contributed by atoms with van der Waals surface area (Å²) in [5, 5.41) is 2.83. The van der Waals surface area contributed by atoms with Gasteiger partial charge in [-0.3, -0.25) is 4.79 Å². The van der Waals surface area contributed by atoms with Crippen LogP contribution in [0.3, 0.4) is 0 Å². The molecule has 1 N–H and O–H groups in total. The monoisotopic (exact) mass is 191 g/mol. The van der Waals surface area contributed by atoms with E-state index in [0.717, 1.165) is 12.3 Å². The second-order valence-corrected chi connectivity index (χ2v) is 3.48. The third-order valence-electron chi connectivity index (χ3n) is 2.54. The van der Waals surface area contributed by atoms with Gasteiger partial charge in [-0.25, -0.2) is 0 Å². The first-order chi connectivity index (χ1) is 6.79. The number of hydrogen-bond donors (Lipinski definition) is 1. The molecule has 3 heteroatoms. The highest BCUT2D eigenvalue weighted by atomic mass is 16.5. The predicted molar refractivity (Wildman–Crippen MR) is 53.4 cm³/mol. The fourth-order valence-electron chi connectivity index (χ4n) is 1.74. The van der Waals surface area contributed by atoms with E-state index in [1.807, 2.05) is 24.3 Å². The fourth-order valence-corrected chi connectivity index (χ4v) is 1.74. The molecule has 1 aliphatic rings. The number of benzene rings is 1. The lowest BCUT2D eigenvalue weighted by molar-refractivity contribution is -0.119. The Labute approximate surface area is 83.1 Å². The first-order valence-electron chi connectivity index (χ1n) is 4.70. The van der Waals surface area contributed by atoms with Crippen molar-refractivity contribution >= 4 is 5.91 Å². The van der Waals surface area contributed by atoms with Gasteiger partial charge in [0.2, 0.25) is 5.91 Å². The predicted octanol–water partition coefficient (Wildman–Crippen LogP) is 1.30. The number of rotatable bonds is 2. The summed E-state index contributed by atoms with van der Waals surface area (Å²) in [5.74, 6) is 1.29. The molecule has 1 saturated heterocycles. The standard InChI is InChI=1S/C11H13NO2/c1-14-10-4-2-3-8(5-10)9-6-11(13)12-7-9/h2-5,9H,6-7H2,1H3,(H,12,13)/t9-/m1/s1. The maximum absolute atomic E-state index is 11.0. The maximum atomic E-state index is 11.0. The second-order valence-electron chi connectivity index (χ2n) is 3.48. The molecule has 0 radical (unpaired) electrons. The Balaban J connectivity index is 2.19. The van der Waals surface area contributed by atoms with Crippen molar-refractivity contribution in [1.29, 1.82) is 0 Å². The van der Waals surface area contributed by atoms with Crippen molar-refractivity contribution in [2.45, 2.75) is 12.3 Å². The van der Waals surface area contributed by atoms with Crippen molar-refractivity contribution in [1.82, 2.24) is 5.32 Å². The Kier molecular flexibility index (Phi) is 2.39. The van der Waals surface area contributed by atoms with Gasteiger partial charge in [0.25, 0.3) is 0 Å². The number of nitrogens with one attached hydrogen (secondary N) is 1. The molecule has 0 saturated carbocycles. The van der Waals surface area contributed by atoms with Crippen LogP contribution in [-0.2, 0) is 4.79 Å². The largest absolute Gasteiger partial charge is 0.497 e. The molecular weight excluding hydrogens is 178 g/mol. The molecule has 1 heterocycles. The summed E-state index contributed by atoms with van der Waals surface area (Å²) >= 11 is 0. The van der Waals surface area contributed by atoms with E-state index in [-0.39, 0.29) is 5.91 Å². The van der Waals surface area contributed by atoms with E-state index in [2.05, 4.69) is 5.32 Å². The Morgan fingerprint density at radius 3 is 3.00 bits per heavy atom. The second kappa shape index (κ2) is 3.70. The minimum Gasteiger partial charge on any atom is -0.497 e. The molecule has 0 aromatic heterocycles. The average molecular weight is 191 g/mol. The molecule has 1 fully saturated rings. The van der Waals surface area contributed by atoms with Crippen LogP contribution in [0.4, 0.5) is 0 Å². The molecule has 0 spiro atoms. The van der Waals surface area contributed by atoms with Gasteiger partial charge in [0.15, 0.2) is 0 Å². The van der Waals surface area contributed by atoms with Gasteiger partial charge in [0.05, 0.1) is 7.11 Å². The van der Waals surface area contributed by atoms with Crippen molar-refractivity contribution in [3.05, 3.63) is 29.8 Å². The third kappa shape index (κ3) is 1.71. The molecule has 14 heavy (non-hydrogen) atoms. The first-order valence-corrected chi connectivity index (χ1v) is 4.70. The van der Waals surface area contributed by atoms with Crippen LogP contribution in [-0.4, -0.2) is 19.6 Å². The summed E-state index contributed by atoms with van der Waals surface area (Å²) in [7, 11) is 1.65. The van der Waals surface area contributed by atoms with E-state index in [1.54, 1.807) is 7.11 Å². The van der Waals surface area contributed by atoms with Crippen molar-refractivity contribution in [2.24, 2.45) is 0 Å². The topological polar surface area (TPSA) is 38.3 Å². The van der Waals surface area contributed by atoms with Crippen molar-refractivity contribution in [2.75, 3.05) is 13.7 Å². The number of carbonyl (C=O) groups excluding carboxylic acids is 1. The highest BCUT2D eigenvalue weighted by molar-refractivity contribution is 5.79. The van der Waals surface area contributed by atoms with Crippen LogP contribution in [0, 0.1) is 0 Å². The van der Waals surface area contributed by atoms with Gasteiger partial charge in [-0.2, -0.15) is 0 Å². The van der Waals surface area contributed by atoms with Gasteiger partial charge in [-0.05, 0) is 17.7 Å². The van der Waals surface area contributed by atoms with E-state index in [4.69, 9.17) is 4.74 Å². The summed E-state index contributed by atoms with van der Waals surface area (Å²) in [5.41, 5.74) is 1.17. The van der Waals surface area contributed by atoms with Gasteiger partial charge in [0, 0.05) is 18.9 Å². The number of amides is 1. The molecule has 1 atom stereocenters. The van der Waals surface area contributed by atoms with E-state index < -0.39 is 0 Å². The molecule has 0 bridgehead atoms.